The maximum atomic E-state index is 13.1. The maximum absolute atomic E-state index is 13.1. The van der Waals surface area contributed by atoms with Gasteiger partial charge in [-0.1, -0.05) is 96.6 Å². The predicted molar refractivity (Wildman–Crippen MR) is 159 cm³/mol. The van der Waals surface area contributed by atoms with E-state index in [9.17, 15) is 9.59 Å². The largest absolute Gasteiger partial charge is 0.462 e. The first kappa shape index (κ1) is 29.7. The Morgan fingerprint density at radius 1 is 0.537 bits per heavy atom. The van der Waals surface area contributed by atoms with Crippen molar-refractivity contribution in [3.05, 3.63) is 131 Å². The van der Waals surface area contributed by atoms with E-state index in [1.807, 2.05) is 97.9 Å². The number of aryl methyl sites for hydroxylation is 1. The van der Waals surface area contributed by atoms with E-state index >= 15 is 0 Å². The van der Waals surface area contributed by atoms with E-state index in [0.29, 0.717) is 39.3 Å². The fraction of sp³-hybridized carbons (Fsp3) is 0.257. The summed E-state index contributed by atoms with van der Waals surface area (Å²) in [6.45, 7) is 4.28. The number of benzene rings is 4. The Kier molecular flexibility index (Phi) is 11.7. The molecule has 6 nitrogen and oxygen atoms in total. The minimum atomic E-state index is -0.569. The summed E-state index contributed by atoms with van der Waals surface area (Å²) < 4.78 is 22.4. The highest BCUT2D eigenvalue weighted by Crippen LogP contribution is 2.24. The third-order valence-corrected chi connectivity index (χ3v) is 6.40. The van der Waals surface area contributed by atoms with Gasteiger partial charge < -0.3 is 18.9 Å². The zero-order chi connectivity index (χ0) is 28.7. The molecule has 41 heavy (non-hydrogen) atoms. The normalized spacial score (nSPS) is 10.8. The van der Waals surface area contributed by atoms with Gasteiger partial charge in [-0.15, -0.1) is 0 Å². The number of esters is 2. The lowest BCUT2D eigenvalue weighted by atomic mass is 9.98. The summed E-state index contributed by atoms with van der Waals surface area (Å²) in [4.78, 5) is 26.1. The molecule has 0 N–H and O–H groups in total. The van der Waals surface area contributed by atoms with Crippen molar-refractivity contribution in [2.75, 3.05) is 26.4 Å². The number of hydrogen-bond donors (Lipinski definition) is 0. The van der Waals surface area contributed by atoms with Crippen LogP contribution in [0.25, 0.3) is 11.1 Å². The van der Waals surface area contributed by atoms with Crippen LogP contribution >= 0.6 is 0 Å². The fourth-order valence-electron chi connectivity index (χ4n) is 4.15. The molecule has 0 aliphatic carbocycles. The van der Waals surface area contributed by atoms with Crippen LogP contribution in [0.4, 0.5) is 0 Å². The molecule has 0 saturated carbocycles. The van der Waals surface area contributed by atoms with Crippen LogP contribution in [0.15, 0.2) is 103 Å². The lowest BCUT2D eigenvalue weighted by Crippen LogP contribution is -2.16. The third-order valence-electron chi connectivity index (χ3n) is 6.40. The number of carbonyl (C=O) groups is 2. The van der Waals surface area contributed by atoms with Crippen molar-refractivity contribution in [2.45, 2.75) is 33.0 Å². The van der Waals surface area contributed by atoms with E-state index in [4.69, 9.17) is 18.9 Å². The summed E-state index contributed by atoms with van der Waals surface area (Å²) in [7, 11) is 0. The molecule has 0 amide bonds. The van der Waals surface area contributed by atoms with Crippen LogP contribution in [0.3, 0.4) is 0 Å². The zero-order valence-electron chi connectivity index (χ0n) is 23.4. The molecule has 0 aliphatic heterocycles. The van der Waals surface area contributed by atoms with Crippen LogP contribution in [0.1, 0.15) is 50.2 Å². The molecule has 0 bridgehead atoms. The number of ether oxygens (including phenoxy) is 4. The SMILES string of the molecule is Cc1ccc(-c2ccc(C(=O)OCCCOCc3ccccc3)c(C(=O)OCCCOCc3ccccc3)c2)cc1. The molecule has 0 aromatic heterocycles. The van der Waals surface area contributed by atoms with Gasteiger partial charge in [-0.3, -0.25) is 0 Å². The Bertz CT molecular complexity index is 1370. The molecule has 6 heteroatoms. The Labute approximate surface area is 241 Å². The Morgan fingerprint density at radius 2 is 1.02 bits per heavy atom. The van der Waals surface area contributed by atoms with Crippen LogP contribution in [0.5, 0.6) is 0 Å². The first-order valence-corrected chi connectivity index (χ1v) is 13.9. The second kappa shape index (κ2) is 16.1. The van der Waals surface area contributed by atoms with E-state index in [1.165, 1.54) is 0 Å². The highest BCUT2D eigenvalue weighted by atomic mass is 16.5. The Morgan fingerprint density at radius 3 is 1.56 bits per heavy atom. The molecular formula is C35H36O6. The summed E-state index contributed by atoms with van der Waals surface area (Å²) in [5, 5.41) is 0. The van der Waals surface area contributed by atoms with Gasteiger partial charge in [0.15, 0.2) is 0 Å². The first-order valence-electron chi connectivity index (χ1n) is 13.9. The van der Waals surface area contributed by atoms with Crippen LogP contribution in [0, 0.1) is 6.92 Å². The van der Waals surface area contributed by atoms with Crippen LogP contribution in [-0.4, -0.2) is 38.4 Å². The van der Waals surface area contributed by atoms with Crippen molar-refractivity contribution < 1.29 is 28.5 Å². The van der Waals surface area contributed by atoms with Gasteiger partial charge in [-0.2, -0.15) is 0 Å². The highest BCUT2D eigenvalue weighted by Gasteiger charge is 2.21. The number of rotatable bonds is 15. The quantitative estimate of drug-likeness (QED) is 0.115. The van der Waals surface area contributed by atoms with Crippen molar-refractivity contribution in [3.63, 3.8) is 0 Å². The molecule has 0 radical (unpaired) electrons. The molecular weight excluding hydrogens is 516 g/mol. The standard InChI is InChI=1S/C35H36O6/c1-27-14-16-30(17-15-27)31-18-19-32(34(36)40-22-8-20-38-25-28-10-4-2-5-11-28)33(24-31)35(37)41-23-9-21-39-26-29-12-6-3-7-13-29/h2-7,10-19,24H,8-9,20-23,25-26H2,1H3. The van der Waals surface area contributed by atoms with Gasteiger partial charge in [0.05, 0.1) is 50.8 Å². The van der Waals surface area contributed by atoms with E-state index < -0.39 is 11.9 Å². The second-order valence-corrected chi connectivity index (χ2v) is 9.68. The van der Waals surface area contributed by atoms with Crippen LogP contribution in [-0.2, 0) is 32.2 Å². The molecule has 4 aromatic carbocycles. The van der Waals surface area contributed by atoms with Gasteiger partial charge in [0.25, 0.3) is 0 Å². The van der Waals surface area contributed by atoms with Gasteiger partial charge in [0.1, 0.15) is 0 Å². The smallest absolute Gasteiger partial charge is 0.339 e. The number of hydrogen-bond acceptors (Lipinski definition) is 6. The molecule has 0 saturated heterocycles. The zero-order valence-corrected chi connectivity index (χ0v) is 23.4. The Balaban J connectivity index is 1.31. The van der Waals surface area contributed by atoms with Crippen molar-refractivity contribution in [2.24, 2.45) is 0 Å². The Hall–Kier alpha value is -4.26. The molecule has 212 valence electrons. The highest BCUT2D eigenvalue weighted by molar-refractivity contribution is 6.04. The van der Waals surface area contributed by atoms with Gasteiger partial charge in [0.2, 0.25) is 0 Å². The third kappa shape index (κ3) is 9.71. The molecule has 0 atom stereocenters. The summed E-state index contributed by atoms with van der Waals surface area (Å²) in [6, 6.07) is 32.9. The maximum Gasteiger partial charge on any atom is 0.339 e. The summed E-state index contributed by atoms with van der Waals surface area (Å²) >= 11 is 0. The molecule has 0 heterocycles. The fourth-order valence-corrected chi connectivity index (χ4v) is 4.15. The second-order valence-electron chi connectivity index (χ2n) is 9.68. The predicted octanol–water partition coefficient (Wildman–Crippen LogP) is 7.19. The van der Waals surface area contributed by atoms with E-state index in [-0.39, 0.29) is 24.3 Å². The van der Waals surface area contributed by atoms with Crippen molar-refractivity contribution in [1.82, 2.24) is 0 Å². The van der Waals surface area contributed by atoms with Crippen LogP contribution < -0.4 is 0 Å². The first-order chi connectivity index (χ1) is 20.1. The minimum absolute atomic E-state index is 0.176. The summed E-state index contributed by atoms with van der Waals surface area (Å²) in [5.74, 6) is -1.14. The van der Waals surface area contributed by atoms with Crippen molar-refractivity contribution in [3.8, 4) is 11.1 Å². The van der Waals surface area contributed by atoms with E-state index in [1.54, 1.807) is 12.1 Å². The minimum Gasteiger partial charge on any atom is -0.462 e. The molecule has 0 fully saturated rings. The van der Waals surface area contributed by atoms with Crippen molar-refractivity contribution >= 4 is 11.9 Å². The average molecular weight is 553 g/mol. The van der Waals surface area contributed by atoms with Gasteiger partial charge in [0, 0.05) is 12.8 Å². The summed E-state index contributed by atoms with van der Waals surface area (Å²) in [5.41, 5.74) is 5.42. The average Bonchev–Trinajstić information content (AvgIpc) is 3.01. The monoisotopic (exact) mass is 552 g/mol. The molecule has 4 aromatic rings. The molecule has 0 unspecified atom stereocenters. The molecule has 0 aliphatic rings. The lowest BCUT2D eigenvalue weighted by Gasteiger charge is -2.12. The molecule has 0 spiro atoms. The van der Waals surface area contributed by atoms with Gasteiger partial charge in [-0.05, 0) is 41.3 Å². The van der Waals surface area contributed by atoms with E-state index in [0.717, 1.165) is 27.8 Å². The molecule has 4 rings (SSSR count). The van der Waals surface area contributed by atoms with E-state index in [2.05, 4.69) is 0 Å². The number of carbonyl (C=O) groups excluding carboxylic acids is 2. The van der Waals surface area contributed by atoms with Crippen molar-refractivity contribution in [1.29, 1.82) is 0 Å². The topological polar surface area (TPSA) is 71.1 Å². The lowest BCUT2D eigenvalue weighted by molar-refractivity contribution is 0.0389. The summed E-state index contributed by atoms with van der Waals surface area (Å²) in [6.07, 6.45) is 1.09. The van der Waals surface area contributed by atoms with Gasteiger partial charge in [-0.25, -0.2) is 9.59 Å². The van der Waals surface area contributed by atoms with Gasteiger partial charge >= 0.3 is 11.9 Å². The van der Waals surface area contributed by atoms with Crippen LogP contribution in [0.2, 0.25) is 0 Å².